The molecule has 0 aromatic rings. The molecule has 6 heteroatoms. The number of hydrogen-bond donors (Lipinski definition) is 3. The van der Waals surface area contributed by atoms with Crippen LogP contribution in [0.3, 0.4) is 0 Å². The Morgan fingerprint density at radius 2 is 0.661 bits per heavy atom. The van der Waals surface area contributed by atoms with E-state index < -0.39 is 12.1 Å². The summed E-state index contributed by atoms with van der Waals surface area (Å²) in [6, 6.07) is -0.554. The first-order chi connectivity index (χ1) is 30.5. The first kappa shape index (κ1) is 60.9. The molecule has 2 unspecified atom stereocenters. The van der Waals surface area contributed by atoms with E-state index in [1.54, 1.807) is 0 Å². The van der Waals surface area contributed by atoms with Gasteiger partial charge in [0, 0.05) is 12.8 Å². The molecule has 0 radical (unpaired) electrons. The molecule has 370 valence electrons. The van der Waals surface area contributed by atoms with E-state index in [-0.39, 0.29) is 18.5 Å². The molecule has 2 atom stereocenters. The Bertz CT molecular complexity index is 882. The van der Waals surface area contributed by atoms with Gasteiger partial charge in [0.15, 0.2) is 0 Å². The maximum absolute atomic E-state index is 12.5. The summed E-state index contributed by atoms with van der Waals surface area (Å²) in [6.07, 6.45) is 59.4. The molecule has 0 heterocycles. The minimum atomic E-state index is -0.675. The fourth-order valence-electron chi connectivity index (χ4n) is 9.05. The Labute approximate surface area is 387 Å². The number of esters is 1. The Hall–Kier alpha value is -1.14. The van der Waals surface area contributed by atoms with E-state index in [1.165, 1.54) is 231 Å². The quantitative estimate of drug-likeness (QED) is 0.0418. The summed E-state index contributed by atoms with van der Waals surface area (Å²) >= 11 is 0. The van der Waals surface area contributed by atoms with E-state index in [0.717, 1.165) is 57.8 Å². The van der Waals surface area contributed by atoms with Gasteiger partial charge in [-0.3, -0.25) is 9.59 Å². The van der Waals surface area contributed by atoms with E-state index >= 15 is 0 Å². The van der Waals surface area contributed by atoms with Crippen molar-refractivity contribution < 1.29 is 24.5 Å². The lowest BCUT2D eigenvalue weighted by Crippen LogP contribution is -2.45. The van der Waals surface area contributed by atoms with Gasteiger partial charge in [0.05, 0.1) is 25.4 Å². The van der Waals surface area contributed by atoms with Crippen LogP contribution in [0.2, 0.25) is 0 Å². The van der Waals surface area contributed by atoms with Gasteiger partial charge in [0.2, 0.25) is 5.91 Å². The van der Waals surface area contributed by atoms with Gasteiger partial charge in [-0.1, -0.05) is 284 Å². The summed E-state index contributed by atoms with van der Waals surface area (Å²) in [5.74, 6) is -0.0592. The van der Waals surface area contributed by atoms with Crippen LogP contribution in [0.25, 0.3) is 0 Å². The topological polar surface area (TPSA) is 95.9 Å². The predicted octanol–water partition coefficient (Wildman–Crippen LogP) is 17.1. The fraction of sp³-hybridized carbons (Fsp3) is 0.964. The number of aliphatic hydroxyl groups is 2. The molecule has 0 spiro atoms. The number of ether oxygens (including phenoxy) is 1. The number of unbranched alkanes of at least 4 members (excludes halogenated alkanes) is 42. The van der Waals surface area contributed by atoms with Gasteiger partial charge in [-0.05, 0) is 25.7 Å². The second-order valence-electron chi connectivity index (χ2n) is 19.6. The molecular weight excluding hydrogens is 767 g/mol. The van der Waals surface area contributed by atoms with Crippen molar-refractivity contribution in [1.82, 2.24) is 5.32 Å². The average molecular weight is 879 g/mol. The van der Waals surface area contributed by atoms with E-state index in [1.807, 2.05) is 0 Å². The molecule has 0 aliphatic carbocycles. The van der Waals surface area contributed by atoms with Crippen LogP contribution in [0.1, 0.15) is 322 Å². The highest BCUT2D eigenvalue weighted by atomic mass is 16.5. The van der Waals surface area contributed by atoms with Crippen molar-refractivity contribution in [1.29, 1.82) is 0 Å². The number of rotatable bonds is 53. The van der Waals surface area contributed by atoms with Gasteiger partial charge in [0.1, 0.15) is 0 Å². The highest BCUT2D eigenvalue weighted by Gasteiger charge is 2.20. The third-order valence-electron chi connectivity index (χ3n) is 13.4. The van der Waals surface area contributed by atoms with Crippen molar-refractivity contribution in [2.45, 2.75) is 334 Å². The molecule has 0 aliphatic rings. The van der Waals surface area contributed by atoms with Gasteiger partial charge in [-0.15, -0.1) is 0 Å². The van der Waals surface area contributed by atoms with Crippen molar-refractivity contribution in [2.24, 2.45) is 0 Å². The molecule has 3 N–H and O–H groups in total. The normalized spacial score (nSPS) is 12.5. The summed E-state index contributed by atoms with van der Waals surface area (Å²) in [6.45, 7) is 4.94. The van der Waals surface area contributed by atoms with Crippen molar-refractivity contribution in [3.05, 3.63) is 0 Å². The Balaban J connectivity index is 3.44. The first-order valence-electron chi connectivity index (χ1n) is 28.3. The molecule has 1 amide bonds. The zero-order chi connectivity index (χ0) is 45.1. The molecule has 62 heavy (non-hydrogen) atoms. The summed E-state index contributed by atoms with van der Waals surface area (Å²) < 4.78 is 5.47. The van der Waals surface area contributed by atoms with Crippen LogP contribution in [-0.2, 0) is 14.3 Å². The summed E-state index contributed by atoms with van der Waals surface area (Å²) in [5.41, 5.74) is 0. The van der Waals surface area contributed by atoms with E-state index in [4.69, 9.17) is 4.74 Å². The van der Waals surface area contributed by atoms with Crippen LogP contribution < -0.4 is 5.32 Å². The Kier molecular flexibility index (Phi) is 51.5. The largest absolute Gasteiger partial charge is 0.466 e. The van der Waals surface area contributed by atoms with Crippen LogP contribution in [0.15, 0.2) is 0 Å². The Morgan fingerprint density at radius 1 is 0.387 bits per heavy atom. The fourth-order valence-corrected chi connectivity index (χ4v) is 9.05. The van der Waals surface area contributed by atoms with Gasteiger partial charge in [0.25, 0.3) is 0 Å². The van der Waals surface area contributed by atoms with Gasteiger partial charge < -0.3 is 20.3 Å². The molecule has 0 rings (SSSR count). The van der Waals surface area contributed by atoms with Crippen LogP contribution in [0.4, 0.5) is 0 Å². The monoisotopic (exact) mass is 878 g/mol. The third kappa shape index (κ3) is 48.3. The number of amides is 1. The van der Waals surface area contributed by atoms with Crippen molar-refractivity contribution in [3.8, 4) is 0 Å². The highest BCUT2D eigenvalue weighted by Crippen LogP contribution is 2.18. The lowest BCUT2D eigenvalue weighted by molar-refractivity contribution is -0.143. The molecule has 0 aromatic carbocycles. The first-order valence-corrected chi connectivity index (χ1v) is 28.3. The van der Waals surface area contributed by atoms with Crippen molar-refractivity contribution >= 4 is 11.9 Å². The van der Waals surface area contributed by atoms with E-state index in [2.05, 4.69) is 19.2 Å². The van der Waals surface area contributed by atoms with E-state index in [9.17, 15) is 19.8 Å². The van der Waals surface area contributed by atoms with Gasteiger partial charge in [-0.25, -0.2) is 0 Å². The molecule has 0 saturated carbocycles. The molecule has 6 nitrogen and oxygen atoms in total. The number of carbonyl (C=O) groups excluding carboxylic acids is 2. The van der Waals surface area contributed by atoms with Crippen LogP contribution in [0, 0.1) is 0 Å². The maximum Gasteiger partial charge on any atom is 0.305 e. The molecular formula is C56H111NO5. The second-order valence-corrected chi connectivity index (χ2v) is 19.6. The molecule has 0 aromatic heterocycles. The van der Waals surface area contributed by atoms with Crippen molar-refractivity contribution in [3.63, 3.8) is 0 Å². The summed E-state index contributed by atoms with van der Waals surface area (Å²) in [4.78, 5) is 24.5. The third-order valence-corrected chi connectivity index (χ3v) is 13.4. The predicted molar refractivity (Wildman–Crippen MR) is 269 cm³/mol. The maximum atomic E-state index is 12.5. The van der Waals surface area contributed by atoms with Gasteiger partial charge in [-0.2, -0.15) is 0 Å². The minimum absolute atomic E-state index is 0.00946. The number of nitrogens with one attached hydrogen (secondary N) is 1. The summed E-state index contributed by atoms with van der Waals surface area (Å²) in [5, 5.41) is 23.3. The van der Waals surface area contributed by atoms with Crippen molar-refractivity contribution in [2.75, 3.05) is 13.2 Å². The highest BCUT2D eigenvalue weighted by molar-refractivity contribution is 5.76. The second kappa shape index (κ2) is 52.5. The average Bonchev–Trinajstić information content (AvgIpc) is 3.27. The standard InChI is InChI=1S/C56H111NO5/c1-3-5-7-9-11-13-15-17-19-20-21-22-24-25-28-32-36-40-44-48-54(59)53(52-58)57-55(60)49-45-41-37-33-29-27-31-35-39-43-47-51-62-56(61)50-46-42-38-34-30-26-23-18-16-14-12-10-8-6-4-2/h53-54,58-59H,3-52H2,1-2H3,(H,57,60). The molecule has 0 bridgehead atoms. The van der Waals surface area contributed by atoms with Crippen LogP contribution >= 0.6 is 0 Å². The SMILES string of the molecule is CCCCCCCCCCCCCCCCCCCCCC(O)C(CO)NC(=O)CCCCCCCCCCCCCOC(=O)CCCCCCCCCCCCCCCCC. The van der Waals surface area contributed by atoms with Crippen LogP contribution in [0.5, 0.6) is 0 Å². The zero-order valence-corrected chi connectivity index (χ0v) is 42.1. The Morgan fingerprint density at radius 3 is 0.984 bits per heavy atom. The summed E-state index contributed by atoms with van der Waals surface area (Å²) in [7, 11) is 0. The van der Waals surface area contributed by atoms with Crippen LogP contribution in [-0.4, -0.2) is 47.4 Å². The van der Waals surface area contributed by atoms with Gasteiger partial charge >= 0.3 is 5.97 Å². The minimum Gasteiger partial charge on any atom is -0.466 e. The zero-order valence-electron chi connectivity index (χ0n) is 42.1. The van der Waals surface area contributed by atoms with E-state index in [0.29, 0.717) is 25.9 Å². The molecule has 0 fully saturated rings. The number of aliphatic hydroxyl groups excluding tert-OH is 2. The smallest absolute Gasteiger partial charge is 0.305 e. The number of hydrogen-bond acceptors (Lipinski definition) is 5. The number of carbonyl (C=O) groups is 2. The lowest BCUT2D eigenvalue weighted by Gasteiger charge is -2.22. The molecule has 0 aliphatic heterocycles. The lowest BCUT2D eigenvalue weighted by atomic mass is 10.0. The molecule has 0 saturated heterocycles.